The lowest BCUT2D eigenvalue weighted by molar-refractivity contribution is -0.159. The number of ether oxygens (including phenoxy) is 1. The van der Waals surface area contributed by atoms with Gasteiger partial charge in [0.1, 0.15) is 5.03 Å². The molecule has 0 spiro atoms. The van der Waals surface area contributed by atoms with E-state index in [1.54, 1.807) is 23.5 Å². The topological polar surface area (TPSA) is 52.1 Å². The largest absolute Gasteiger partial charge is 0.465 e. The number of esters is 1. The molecule has 1 rings (SSSR count). The Bertz CT molecular complexity index is 608. The van der Waals surface area contributed by atoms with E-state index in [-0.39, 0.29) is 17.3 Å². The first-order chi connectivity index (χ1) is 13.2. The zero-order chi connectivity index (χ0) is 21.2. The first-order valence-corrected chi connectivity index (χ1v) is 12.6. The number of hydrogen-bond acceptors (Lipinski definition) is 6. The Morgan fingerprint density at radius 1 is 1.14 bits per heavy atom. The molecule has 0 saturated carbocycles. The molecule has 1 aromatic rings. The minimum Gasteiger partial charge on any atom is -0.465 e. The van der Waals surface area contributed by atoms with Gasteiger partial charge in [-0.25, -0.2) is 9.97 Å². The third-order valence-electron chi connectivity index (χ3n) is 5.09. The number of rotatable bonds is 13. The average Bonchev–Trinajstić information content (AvgIpc) is 2.62. The molecule has 0 N–H and O–H groups in total. The Labute approximate surface area is 180 Å². The molecule has 6 heteroatoms. The van der Waals surface area contributed by atoms with E-state index in [0.29, 0.717) is 12.5 Å². The lowest BCUT2D eigenvalue weighted by Gasteiger charge is -2.32. The molecule has 1 aromatic heterocycles. The van der Waals surface area contributed by atoms with E-state index in [1.165, 1.54) is 0 Å². The predicted octanol–water partition coefficient (Wildman–Crippen LogP) is 6.41. The van der Waals surface area contributed by atoms with Crippen molar-refractivity contribution in [3.63, 3.8) is 0 Å². The van der Waals surface area contributed by atoms with Crippen LogP contribution < -0.4 is 0 Å². The summed E-state index contributed by atoms with van der Waals surface area (Å²) in [5.74, 6) is 1.80. The summed E-state index contributed by atoms with van der Waals surface area (Å²) in [6.07, 6.45) is 7.21. The van der Waals surface area contributed by atoms with E-state index < -0.39 is 0 Å². The van der Waals surface area contributed by atoms with Crippen LogP contribution in [0.3, 0.4) is 0 Å². The predicted molar refractivity (Wildman–Crippen MR) is 121 cm³/mol. The maximum atomic E-state index is 12.6. The average molecular weight is 427 g/mol. The van der Waals surface area contributed by atoms with Crippen LogP contribution >= 0.6 is 23.5 Å². The first-order valence-electron chi connectivity index (χ1n) is 10.4. The molecule has 0 aromatic carbocycles. The second kappa shape index (κ2) is 12.7. The first kappa shape index (κ1) is 25.3. The van der Waals surface area contributed by atoms with Gasteiger partial charge in [0.15, 0.2) is 5.16 Å². The van der Waals surface area contributed by atoms with Crippen molar-refractivity contribution in [1.29, 1.82) is 0 Å². The lowest BCUT2D eigenvalue weighted by Crippen LogP contribution is -2.36. The van der Waals surface area contributed by atoms with Gasteiger partial charge in [-0.2, -0.15) is 0 Å². The highest BCUT2D eigenvalue weighted by molar-refractivity contribution is 7.99. The van der Waals surface area contributed by atoms with Crippen LogP contribution in [0, 0.1) is 24.2 Å². The van der Waals surface area contributed by atoms with Crippen molar-refractivity contribution >= 4 is 29.5 Å². The summed E-state index contributed by atoms with van der Waals surface area (Å²) in [5, 5.41) is 1.90. The third-order valence-corrected chi connectivity index (χ3v) is 6.63. The van der Waals surface area contributed by atoms with E-state index in [2.05, 4.69) is 44.6 Å². The molecule has 0 saturated heterocycles. The molecule has 0 fully saturated rings. The second-order valence-electron chi connectivity index (χ2n) is 8.40. The molecule has 1 unspecified atom stereocenters. The molecule has 1 atom stereocenters. The number of carbonyl (C=O) groups excluding carboxylic acids is 1. The standard InChI is InChI=1S/C22H38N2O2S2/c1-16(2)15-22(6,17(3)4)20(25)26-12-10-8-9-11-13-28-19-14-18(5)23-21(24-19)27-7/h14,16-17H,8-13,15H2,1-7H3. The summed E-state index contributed by atoms with van der Waals surface area (Å²) in [6, 6.07) is 2.05. The summed E-state index contributed by atoms with van der Waals surface area (Å²) in [5.41, 5.74) is 0.644. The Morgan fingerprint density at radius 3 is 2.43 bits per heavy atom. The normalized spacial score (nSPS) is 13.8. The smallest absolute Gasteiger partial charge is 0.312 e. The second-order valence-corrected chi connectivity index (χ2v) is 10.3. The van der Waals surface area contributed by atoms with Crippen LogP contribution in [0.15, 0.2) is 16.2 Å². The van der Waals surface area contributed by atoms with Gasteiger partial charge in [-0.15, -0.1) is 11.8 Å². The third kappa shape index (κ3) is 8.73. The number of nitrogens with zero attached hydrogens (tertiary/aromatic N) is 2. The van der Waals surface area contributed by atoms with Crippen molar-refractivity contribution in [2.45, 2.75) is 83.8 Å². The van der Waals surface area contributed by atoms with E-state index >= 15 is 0 Å². The molecule has 0 aliphatic carbocycles. The van der Waals surface area contributed by atoms with Crippen LogP contribution in [0.1, 0.15) is 72.4 Å². The van der Waals surface area contributed by atoms with Gasteiger partial charge in [0, 0.05) is 5.69 Å². The summed E-state index contributed by atoms with van der Waals surface area (Å²) < 4.78 is 5.62. The fourth-order valence-electron chi connectivity index (χ4n) is 3.15. The van der Waals surface area contributed by atoms with Crippen molar-refractivity contribution in [3.8, 4) is 0 Å². The van der Waals surface area contributed by atoms with Crippen LogP contribution in [0.5, 0.6) is 0 Å². The number of unbranched alkanes of at least 4 members (excludes halogenated alkanes) is 3. The van der Waals surface area contributed by atoms with Crippen molar-refractivity contribution in [2.75, 3.05) is 18.6 Å². The van der Waals surface area contributed by atoms with Gasteiger partial charge in [-0.05, 0) is 63.0 Å². The fourth-order valence-corrected chi connectivity index (χ4v) is 4.59. The Balaban J connectivity index is 2.22. The van der Waals surface area contributed by atoms with Gasteiger partial charge in [-0.3, -0.25) is 4.79 Å². The van der Waals surface area contributed by atoms with Gasteiger partial charge in [-0.1, -0.05) is 52.3 Å². The molecule has 0 radical (unpaired) electrons. The Hall–Kier alpha value is -0.750. The molecular weight excluding hydrogens is 388 g/mol. The van der Waals surface area contributed by atoms with Gasteiger partial charge in [0.05, 0.1) is 12.0 Å². The van der Waals surface area contributed by atoms with Crippen molar-refractivity contribution < 1.29 is 9.53 Å². The van der Waals surface area contributed by atoms with Crippen LogP contribution in [0.2, 0.25) is 0 Å². The highest BCUT2D eigenvalue weighted by Crippen LogP contribution is 2.35. The molecule has 28 heavy (non-hydrogen) atoms. The summed E-state index contributed by atoms with van der Waals surface area (Å²) >= 11 is 3.38. The zero-order valence-corrected chi connectivity index (χ0v) is 20.3. The van der Waals surface area contributed by atoms with Crippen molar-refractivity contribution in [2.24, 2.45) is 17.3 Å². The van der Waals surface area contributed by atoms with E-state index in [0.717, 1.165) is 53.7 Å². The van der Waals surface area contributed by atoms with Crippen molar-refractivity contribution in [1.82, 2.24) is 9.97 Å². The van der Waals surface area contributed by atoms with Gasteiger partial charge in [0.25, 0.3) is 0 Å². The fraction of sp³-hybridized carbons (Fsp3) is 0.773. The van der Waals surface area contributed by atoms with E-state index in [9.17, 15) is 4.79 Å². The summed E-state index contributed by atoms with van der Waals surface area (Å²) in [6.45, 7) is 13.2. The highest BCUT2D eigenvalue weighted by atomic mass is 32.2. The minimum atomic E-state index is -0.379. The molecule has 0 aliphatic rings. The van der Waals surface area contributed by atoms with Crippen LogP contribution in [-0.2, 0) is 9.53 Å². The minimum absolute atomic E-state index is 0.0320. The quantitative estimate of drug-likeness (QED) is 0.119. The number of hydrogen-bond donors (Lipinski definition) is 0. The molecule has 4 nitrogen and oxygen atoms in total. The van der Waals surface area contributed by atoms with Crippen molar-refractivity contribution in [3.05, 3.63) is 11.8 Å². The summed E-state index contributed by atoms with van der Waals surface area (Å²) in [4.78, 5) is 21.5. The molecule has 0 aliphatic heterocycles. The Kier molecular flexibility index (Phi) is 11.5. The number of aryl methyl sites for hydroxylation is 1. The van der Waals surface area contributed by atoms with E-state index in [1.807, 2.05) is 19.2 Å². The SMILES string of the molecule is CSc1nc(C)cc(SCCCCCCOC(=O)C(C)(CC(C)C)C(C)C)n1. The molecule has 0 bridgehead atoms. The van der Waals surface area contributed by atoms with Gasteiger partial charge < -0.3 is 4.74 Å². The highest BCUT2D eigenvalue weighted by Gasteiger charge is 2.38. The van der Waals surface area contributed by atoms with E-state index in [4.69, 9.17) is 4.74 Å². The summed E-state index contributed by atoms with van der Waals surface area (Å²) in [7, 11) is 0. The molecule has 1 heterocycles. The zero-order valence-electron chi connectivity index (χ0n) is 18.7. The molecule has 160 valence electrons. The number of thioether (sulfide) groups is 2. The Morgan fingerprint density at radius 2 is 1.82 bits per heavy atom. The molecular formula is C22H38N2O2S2. The maximum absolute atomic E-state index is 12.6. The van der Waals surface area contributed by atoms with Crippen LogP contribution in [0.25, 0.3) is 0 Å². The number of carbonyl (C=O) groups is 1. The monoisotopic (exact) mass is 426 g/mol. The van der Waals surface area contributed by atoms with Gasteiger partial charge in [0.2, 0.25) is 0 Å². The van der Waals surface area contributed by atoms with Gasteiger partial charge >= 0.3 is 5.97 Å². The van der Waals surface area contributed by atoms with Crippen LogP contribution in [-0.4, -0.2) is 34.6 Å². The lowest BCUT2D eigenvalue weighted by atomic mass is 9.73. The van der Waals surface area contributed by atoms with Crippen LogP contribution in [0.4, 0.5) is 0 Å². The maximum Gasteiger partial charge on any atom is 0.312 e. The number of aromatic nitrogens is 2. The molecule has 0 amide bonds.